The number of hydrogen-bond acceptors (Lipinski definition) is 4. The van der Waals surface area contributed by atoms with E-state index < -0.39 is 24.3 Å². The Kier molecular flexibility index (Phi) is 3.30. The summed E-state index contributed by atoms with van der Waals surface area (Å²) < 4.78 is 17.9. The van der Waals surface area contributed by atoms with Crippen LogP contribution in [0.2, 0.25) is 0 Å². The molecule has 0 aliphatic carbocycles. The van der Waals surface area contributed by atoms with E-state index in [4.69, 9.17) is 4.74 Å². The SMILES string of the molecule is Cc1cn(C2(P(=O)(O)O)CCC(C)O2)c(=O)[nH]c1=O. The molecule has 1 aromatic heterocycles. The van der Waals surface area contributed by atoms with Crippen molar-refractivity contribution >= 4 is 7.60 Å². The maximum Gasteiger partial charge on any atom is 0.378 e. The molecule has 2 atom stereocenters. The first-order valence-electron chi connectivity index (χ1n) is 5.74. The fraction of sp³-hybridized carbons (Fsp3) is 0.600. The van der Waals surface area contributed by atoms with Gasteiger partial charge in [-0.1, -0.05) is 0 Å². The lowest BCUT2D eigenvalue weighted by atomic mass is 10.2. The lowest BCUT2D eigenvalue weighted by Gasteiger charge is -2.31. The van der Waals surface area contributed by atoms with E-state index in [1.807, 2.05) is 4.98 Å². The van der Waals surface area contributed by atoms with Crippen LogP contribution in [0.4, 0.5) is 0 Å². The van der Waals surface area contributed by atoms with Crippen molar-refractivity contribution < 1.29 is 19.1 Å². The maximum atomic E-state index is 11.8. The molecule has 1 saturated heterocycles. The van der Waals surface area contributed by atoms with E-state index in [9.17, 15) is 23.9 Å². The van der Waals surface area contributed by atoms with E-state index in [1.54, 1.807) is 6.92 Å². The number of hydrogen-bond donors (Lipinski definition) is 3. The minimum absolute atomic E-state index is 0.00380. The highest BCUT2D eigenvalue weighted by atomic mass is 31.2. The van der Waals surface area contributed by atoms with E-state index in [0.29, 0.717) is 6.42 Å². The quantitative estimate of drug-likeness (QED) is 0.650. The molecule has 1 aliphatic rings. The van der Waals surface area contributed by atoms with Crippen LogP contribution in [0.3, 0.4) is 0 Å². The molecule has 0 spiro atoms. The Labute approximate surface area is 108 Å². The Morgan fingerprint density at radius 2 is 2.16 bits per heavy atom. The molecule has 2 unspecified atom stereocenters. The Balaban J connectivity index is 2.72. The minimum Gasteiger partial charge on any atom is -0.342 e. The standard InChI is InChI=1S/C10H15N2O6P/c1-6-5-12(9(14)11-8(6)13)10(19(15,16)17)4-3-7(2)18-10/h5,7H,3-4H2,1-2H3,(H,11,13,14)(H2,15,16,17). The molecule has 0 radical (unpaired) electrons. The van der Waals surface area contributed by atoms with Crippen LogP contribution in [0.15, 0.2) is 15.8 Å². The van der Waals surface area contributed by atoms with Gasteiger partial charge in [0.15, 0.2) is 0 Å². The van der Waals surface area contributed by atoms with E-state index in [0.717, 1.165) is 10.8 Å². The van der Waals surface area contributed by atoms with Crippen molar-refractivity contribution in [3.63, 3.8) is 0 Å². The number of H-pyrrole nitrogens is 1. The van der Waals surface area contributed by atoms with E-state index in [2.05, 4.69) is 0 Å². The van der Waals surface area contributed by atoms with E-state index in [1.165, 1.54) is 6.92 Å². The summed E-state index contributed by atoms with van der Waals surface area (Å²) in [4.78, 5) is 44.3. The van der Waals surface area contributed by atoms with Gasteiger partial charge in [0.25, 0.3) is 11.0 Å². The first-order chi connectivity index (χ1) is 8.67. The van der Waals surface area contributed by atoms with Gasteiger partial charge in [-0.05, 0) is 20.3 Å². The topological polar surface area (TPSA) is 122 Å². The summed E-state index contributed by atoms with van der Waals surface area (Å²) >= 11 is 0. The molecule has 0 saturated carbocycles. The van der Waals surface area contributed by atoms with Gasteiger partial charge in [0.1, 0.15) is 0 Å². The summed E-state index contributed by atoms with van der Waals surface area (Å²) in [6.45, 7) is 3.11. The van der Waals surface area contributed by atoms with Crippen LogP contribution in [0.25, 0.3) is 0 Å². The second-order valence-electron chi connectivity index (χ2n) is 4.70. The van der Waals surface area contributed by atoms with Gasteiger partial charge in [-0.3, -0.25) is 18.9 Å². The van der Waals surface area contributed by atoms with Gasteiger partial charge < -0.3 is 14.5 Å². The van der Waals surface area contributed by atoms with Crippen molar-refractivity contribution in [2.45, 2.75) is 38.3 Å². The summed E-state index contributed by atoms with van der Waals surface area (Å²) in [6, 6.07) is 0. The van der Waals surface area contributed by atoms with Crippen LogP contribution in [-0.4, -0.2) is 25.4 Å². The van der Waals surface area contributed by atoms with Gasteiger partial charge in [-0.25, -0.2) is 4.79 Å². The zero-order chi connectivity index (χ0) is 14.4. The van der Waals surface area contributed by atoms with Gasteiger partial charge in [-0.2, -0.15) is 0 Å². The summed E-state index contributed by atoms with van der Waals surface area (Å²) in [5, 5.41) is 0. The molecule has 2 rings (SSSR count). The summed E-state index contributed by atoms with van der Waals surface area (Å²) in [5.41, 5.74) is -3.34. The van der Waals surface area contributed by atoms with Gasteiger partial charge >= 0.3 is 13.3 Å². The van der Waals surface area contributed by atoms with Crippen LogP contribution >= 0.6 is 7.60 Å². The van der Waals surface area contributed by atoms with E-state index in [-0.39, 0.29) is 18.1 Å². The third-order valence-electron chi connectivity index (χ3n) is 3.22. The van der Waals surface area contributed by atoms with Crippen LogP contribution in [0, 0.1) is 6.92 Å². The minimum atomic E-state index is -4.75. The highest BCUT2D eigenvalue weighted by Gasteiger charge is 2.55. The lowest BCUT2D eigenvalue weighted by molar-refractivity contribution is -0.0478. The molecular formula is C10H15N2O6P. The van der Waals surface area contributed by atoms with Crippen molar-refractivity contribution in [3.8, 4) is 0 Å². The number of aromatic amines is 1. The normalized spacial score (nSPS) is 27.7. The van der Waals surface area contributed by atoms with E-state index >= 15 is 0 Å². The predicted molar refractivity (Wildman–Crippen MR) is 65.9 cm³/mol. The smallest absolute Gasteiger partial charge is 0.342 e. The van der Waals surface area contributed by atoms with Crippen LogP contribution in [-0.2, 0) is 14.8 Å². The molecule has 8 nitrogen and oxygen atoms in total. The molecule has 0 bridgehead atoms. The van der Waals surface area contributed by atoms with Gasteiger partial charge in [0, 0.05) is 18.2 Å². The van der Waals surface area contributed by atoms with Gasteiger partial charge in [0.2, 0.25) is 0 Å². The number of aryl methyl sites for hydroxylation is 1. The fourth-order valence-electron chi connectivity index (χ4n) is 2.19. The number of aromatic nitrogens is 2. The largest absolute Gasteiger partial charge is 0.378 e. The summed E-state index contributed by atoms with van der Waals surface area (Å²) in [5.74, 6) is 0. The molecule has 106 valence electrons. The first kappa shape index (κ1) is 14.2. The Hall–Kier alpha value is -1.21. The first-order valence-corrected chi connectivity index (χ1v) is 7.35. The molecule has 3 N–H and O–H groups in total. The van der Waals surface area contributed by atoms with Crippen molar-refractivity contribution in [1.82, 2.24) is 9.55 Å². The van der Waals surface area contributed by atoms with Crippen LogP contribution in [0.1, 0.15) is 25.3 Å². The van der Waals surface area contributed by atoms with Crippen LogP contribution in [0.5, 0.6) is 0 Å². The maximum absolute atomic E-state index is 11.8. The molecule has 1 aliphatic heterocycles. The zero-order valence-electron chi connectivity index (χ0n) is 10.5. The highest BCUT2D eigenvalue weighted by Crippen LogP contribution is 2.60. The molecule has 1 fully saturated rings. The van der Waals surface area contributed by atoms with Crippen molar-refractivity contribution in [2.75, 3.05) is 0 Å². The molecule has 1 aromatic rings. The predicted octanol–water partition coefficient (Wildman–Crippen LogP) is -0.168. The highest BCUT2D eigenvalue weighted by molar-refractivity contribution is 7.52. The number of nitrogens with one attached hydrogen (secondary N) is 1. The van der Waals surface area contributed by atoms with Gasteiger partial charge in [0.05, 0.1) is 6.10 Å². The second kappa shape index (κ2) is 4.42. The van der Waals surface area contributed by atoms with Crippen molar-refractivity contribution in [2.24, 2.45) is 0 Å². The average molecular weight is 290 g/mol. The number of rotatable bonds is 2. The third-order valence-corrected chi connectivity index (χ3v) is 4.67. The van der Waals surface area contributed by atoms with Crippen LogP contribution < -0.4 is 11.2 Å². The fourth-order valence-corrected chi connectivity index (χ4v) is 3.36. The lowest BCUT2D eigenvalue weighted by Crippen LogP contribution is -2.44. The summed E-state index contributed by atoms with van der Waals surface area (Å²) in [7, 11) is -4.75. The second-order valence-corrected chi connectivity index (χ2v) is 6.48. The van der Waals surface area contributed by atoms with Crippen molar-refractivity contribution in [1.29, 1.82) is 0 Å². The van der Waals surface area contributed by atoms with Gasteiger partial charge in [-0.15, -0.1) is 0 Å². The monoisotopic (exact) mass is 290 g/mol. The Morgan fingerprint density at radius 3 is 2.63 bits per heavy atom. The molecule has 0 amide bonds. The molecule has 0 aromatic carbocycles. The van der Waals surface area contributed by atoms with Crippen molar-refractivity contribution in [3.05, 3.63) is 32.6 Å². The number of ether oxygens (including phenoxy) is 1. The molecule has 2 heterocycles. The zero-order valence-corrected chi connectivity index (χ0v) is 11.4. The Bertz CT molecular complexity index is 659. The third kappa shape index (κ3) is 2.21. The molecule has 19 heavy (non-hydrogen) atoms. The molecular weight excluding hydrogens is 275 g/mol. The summed E-state index contributed by atoms with van der Waals surface area (Å²) in [6.07, 6.45) is 1.16. The average Bonchev–Trinajstić information content (AvgIpc) is 2.66. The molecule has 9 heteroatoms. The Morgan fingerprint density at radius 1 is 1.53 bits per heavy atom. The number of nitrogens with zero attached hydrogens (tertiary/aromatic N) is 1.